The first-order valence-corrected chi connectivity index (χ1v) is 6.45. The van der Waals surface area contributed by atoms with Crippen LogP contribution < -0.4 is 5.73 Å². The third kappa shape index (κ3) is 3.56. The van der Waals surface area contributed by atoms with Crippen molar-refractivity contribution in [2.75, 3.05) is 6.54 Å². The van der Waals surface area contributed by atoms with Crippen molar-refractivity contribution < 1.29 is 8.42 Å². The molecule has 0 amide bonds. The molecule has 0 saturated carbocycles. The zero-order valence-corrected chi connectivity index (χ0v) is 9.44. The zero-order valence-electron chi connectivity index (χ0n) is 8.63. The molecule has 0 aliphatic carbocycles. The molecule has 1 unspecified atom stereocenters. The zero-order chi connectivity index (χ0) is 11.3. The number of hydrogen-bond acceptors (Lipinski definition) is 5. The lowest BCUT2D eigenvalue weighted by atomic mass is 10.3. The highest BCUT2D eigenvalue weighted by atomic mass is 32.2. The highest BCUT2D eigenvalue weighted by molar-refractivity contribution is 7.91. The second kappa shape index (κ2) is 5.18. The Labute approximate surface area is 89.7 Å². The third-order valence-corrected chi connectivity index (χ3v) is 4.26. The molecule has 15 heavy (non-hydrogen) atoms. The van der Waals surface area contributed by atoms with Crippen LogP contribution in [0.1, 0.15) is 19.2 Å². The third-order valence-electron chi connectivity index (χ3n) is 2.14. The van der Waals surface area contributed by atoms with Crippen LogP contribution in [-0.4, -0.2) is 30.2 Å². The Balaban J connectivity index is 2.73. The van der Waals surface area contributed by atoms with Crippen LogP contribution in [0.5, 0.6) is 0 Å². The molecule has 0 bridgehead atoms. The van der Waals surface area contributed by atoms with E-state index in [1.807, 2.05) is 0 Å². The number of rotatable bonds is 5. The monoisotopic (exact) mass is 229 g/mol. The van der Waals surface area contributed by atoms with Gasteiger partial charge in [-0.05, 0) is 26.0 Å². The first kappa shape index (κ1) is 12.1. The van der Waals surface area contributed by atoms with Gasteiger partial charge >= 0.3 is 0 Å². The molecule has 84 valence electrons. The standard InChI is InChI=1S/C9H15N3O2S/c1-8(3-4-10)15(13,14)7-9-11-5-2-6-12-9/h2,5-6,8H,3-4,7,10H2,1H3. The highest BCUT2D eigenvalue weighted by Gasteiger charge is 2.21. The molecule has 2 N–H and O–H groups in total. The van der Waals surface area contributed by atoms with Gasteiger partial charge in [-0.2, -0.15) is 0 Å². The van der Waals surface area contributed by atoms with Crippen molar-refractivity contribution in [3.05, 3.63) is 24.3 Å². The normalized spacial score (nSPS) is 13.7. The van der Waals surface area contributed by atoms with Crippen LogP contribution in [-0.2, 0) is 15.6 Å². The van der Waals surface area contributed by atoms with Gasteiger partial charge in [-0.15, -0.1) is 0 Å². The number of sulfone groups is 1. The second-order valence-corrected chi connectivity index (χ2v) is 5.78. The molecule has 0 spiro atoms. The van der Waals surface area contributed by atoms with Gasteiger partial charge < -0.3 is 5.73 Å². The van der Waals surface area contributed by atoms with Gasteiger partial charge in [0.1, 0.15) is 11.6 Å². The van der Waals surface area contributed by atoms with Crippen molar-refractivity contribution in [2.24, 2.45) is 5.73 Å². The van der Waals surface area contributed by atoms with E-state index in [-0.39, 0.29) is 5.75 Å². The van der Waals surface area contributed by atoms with E-state index in [0.29, 0.717) is 18.8 Å². The lowest BCUT2D eigenvalue weighted by molar-refractivity contribution is 0.576. The van der Waals surface area contributed by atoms with E-state index < -0.39 is 15.1 Å². The minimum atomic E-state index is -3.18. The van der Waals surface area contributed by atoms with Crippen LogP contribution in [0.25, 0.3) is 0 Å². The molecule has 6 heteroatoms. The maximum absolute atomic E-state index is 11.8. The van der Waals surface area contributed by atoms with Crippen LogP contribution in [0.3, 0.4) is 0 Å². The van der Waals surface area contributed by atoms with Crippen molar-refractivity contribution in [1.29, 1.82) is 0 Å². The number of aromatic nitrogens is 2. The number of hydrogen-bond donors (Lipinski definition) is 1. The second-order valence-electron chi connectivity index (χ2n) is 3.36. The van der Waals surface area contributed by atoms with E-state index in [0.717, 1.165) is 0 Å². The van der Waals surface area contributed by atoms with Crippen LogP contribution in [0.2, 0.25) is 0 Å². The smallest absolute Gasteiger partial charge is 0.160 e. The van der Waals surface area contributed by atoms with E-state index in [1.54, 1.807) is 13.0 Å². The minimum Gasteiger partial charge on any atom is -0.330 e. The van der Waals surface area contributed by atoms with Crippen molar-refractivity contribution in [3.8, 4) is 0 Å². The molecule has 5 nitrogen and oxygen atoms in total. The molecular weight excluding hydrogens is 214 g/mol. The quantitative estimate of drug-likeness (QED) is 0.775. The fourth-order valence-corrected chi connectivity index (χ4v) is 2.43. The highest BCUT2D eigenvalue weighted by Crippen LogP contribution is 2.09. The van der Waals surface area contributed by atoms with Crippen molar-refractivity contribution in [1.82, 2.24) is 9.97 Å². The van der Waals surface area contributed by atoms with E-state index in [9.17, 15) is 8.42 Å². The molecule has 1 heterocycles. The van der Waals surface area contributed by atoms with Crippen LogP contribution in [0, 0.1) is 0 Å². The van der Waals surface area contributed by atoms with Gasteiger partial charge in [0, 0.05) is 12.4 Å². The summed E-state index contributed by atoms with van der Waals surface area (Å²) >= 11 is 0. The number of nitrogens with zero attached hydrogens (tertiary/aromatic N) is 2. The Morgan fingerprint density at radius 3 is 2.53 bits per heavy atom. The Hall–Kier alpha value is -1.01. The summed E-state index contributed by atoms with van der Waals surface area (Å²) < 4.78 is 23.5. The summed E-state index contributed by atoms with van der Waals surface area (Å²) in [5.74, 6) is 0.219. The summed E-state index contributed by atoms with van der Waals surface area (Å²) in [4.78, 5) is 7.77. The van der Waals surface area contributed by atoms with E-state index >= 15 is 0 Å². The lowest BCUT2D eigenvalue weighted by Crippen LogP contribution is -2.23. The van der Waals surface area contributed by atoms with Gasteiger partial charge in [0.2, 0.25) is 0 Å². The lowest BCUT2D eigenvalue weighted by Gasteiger charge is -2.10. The Morgan fingerprint density at radius 2 is 2.00 bits per heavy atom. The molecule has 0 fully saturated rings. The molecule has 1 aromatic rings. The van der Waals surface area contributed by atoms with E-state index in [2.05, 4.69) is 9.97 Å². The summed E-state index contributed by atoms with van der Waals surface area (Å²) in [5.41, 5.74) is 5.32. The van der Waals surface area contributed by atoms with Gasteiger partial charge in [-0.1, -0.05) is 0 Å². The van der Waals surface area contributed by atoms with Crippen molar-refractivity contribution >= 4 is 9.84 Å². The summed E-state index contributed by atoms with van der Waals surface area (Å²) in [7, 11) is -3.18. The van der Waals surface area contributed by atoms with Gasteiger partial charge in [0.05, 0.1) is 5.25 Å². The molecule has 1 atom stereocenters. The molecule has 1 aromatic heterocycles. The molecule has 1 rings (SSSR count). The summed E-state index contributed by atoms with van der Waals surface area (Å²) in [6.45, 7) is 2.03. The summed E-state index contributed by atoms with van der Waals surface area (Å²) in [6.07, 6.45) is 3.53. The average molecular weight is 229 g/mol. The Kier molecular flexibility index (Phi) is 4.16. The average Bonchev–Trinajstić information content (AvgIpc) is 2.19. The van der Waals surface area contributed by atoms with Gasteiger partial charge in [0.25, 0.3) is 0 Å². The van der Waals surface area contributed by atoms with Gasteiger partial charge in [0.15, 0.2) is 9.84 Å². The van der Waals surface area contributed by atoms with Crippen molar-refractivity contribution in [3.63, 3.8) is 0 Å². The molecular formula is C9H15N3O2S. The predicted molar refractivity (Wildman–Crippen MR) is 57.8 cm³/mol. The molecule has 0 aliphatic rings. The molecule has 0 saturated heterocycles. The first-order valence-electron chi connectivity index (χ1n) is 4.74. The maximum atomic E-state index is 11.8. The minimum absolute atomic E-state index is 0.116. The van der Waals surface area contributed by atoms with Crippen LogP contribution >= 0.6 is 0 Å². The number of nitrogens with two attached hydrogens (primary N) is 1. The SMILES string of the molecule is CC(CCN)S(=O)(=O)Cc1ncccn1. The van der Waals surface area contributed by atoms with Gasteiger partial charge in [-0.25, -0.2) is 18.4 Å². The van der Waals surface area contributed by atoms with Gasteiger partial charge in [-0.3, -0.25) is 0 Å². The predicted octanol–water partition coefficient (Wildman–Crippen LogP) is 0.129. The van der Waals surface area contributed by atoms with E-state index in [1.165, 1.54) is 12.4 Å². The summed E-state index contributed by atoms with van der Waals surface area (Å²) in [6, 6.07) is 1.65. The fourth-order valence-electron chi connectivity index (χ4n) is 1.14. The first-order chi connectivity index (χ1) is 7.06. The van der Waals surface area contributed by atoms with Crippen LogP contribution in [0.15, 0.2) is 18.5 Å². The molecule has 0 aliphatic heterocycles. The Morgan fingerprint density at radius 1 is 1.40 bits per heavy atom. The van der Waals surface area contributed by atoms with Crippen molar-refractivity contribution in [2.45, 2.75) is 24.3 Å². The summed E-state index contributed by atoms with van der Waals surface area (Å²) in [5, 5.41) is -0.439. The largest absolute Gasteiger partial charge is 0.330 e. The fraction of sp³-hybridized carbons (Fsp3) is 0.556. The molecule has 0 radical (unpaired) electrons. The molecule has 0 aromatic carbocycles. The van der Waals surface area contributed by atoms with E-state index in [4.69, 9.17) is 5.73 Å². The Bertz CT molecular complexity index is 391. The topological polar surface area (TPSA) is 85.9 Å². The maximum Gasteiger partial charge on any atom is 0.160 e. The van der Waals surface area contributed by atoms with Crippen LogP contribution in [0.4, 0.5) is 0 Å².